The van der Waals surface area contributed by atoms with Crippen LogP contribution in [0.3, 0.4) is 0 Å². The van der Waals surface area contributed by atoms with E-state index < -0.39 is 5.97 Å². The third-order valence-electron chi connectivity index (χ3n) is 1.54. The molecule has 4 heteroatoms. The van der Waals surface area contributed by atoms with Crippen molar-refractivity contribution in [3.8, 4) is 0 Å². The standard InChI is InChI=1S/C8H15NO3/c1-6(5-8(11)12)4-7(10)9(2)3/h6H,4-5H2,1-3H3,(H,11,12)/t6-/m0/s1. The number of amides is 1. The first-order valence-electron chi connectivity index (χ1n) is 3.85. The molecule has 0 spiro atoms. The van der Waals surface area contributed by atoms with E-state index in [9.17, 15) is 9.59 Å². The molecule has 0 bridgehead atoms. The average Bonchev–Trinajstić information content (AvgIpc) is 1.84. The van der Waals surface area contributed by atoms with E-state index in [0.29, 0.717) is 6.42 Å². The minimum atomic E-state index is -0.853. The van der Waals surface area contributed by atoms with Crippen molar-refractivity contribution in [2.75, 3.05) is 14.1 Å². The van der Waals surface area contributed by atoms with E-state index in [1.165, 1.54) is 4.90 Å². The smallest absolute Gasteiger partial charge is 0.303 e. The molecule has 0 unspecified atom stereocenters. The minimum absolute atomic E-state index is 0.0243. The Morgan fingerprint density at radius 3 is 2.17 bits per heavy atom. The van der Waals surface area contributed by atoms with Gasteiger partial charge >= 0.3 is 5.97 Å². The van der Waals surface area contributed by atoms with Crippen LogP contribution in [0.2, 0.25) is 0 Å². The lowest BCUT2D eigenvalue weighted by Crippen LogP contribution is -2.24. The van der Waals surface area contributed by atoms with Gasteiger partial charge in [0.05, 0.1) is 0 Å². The molecule has 0 aromatic heterocycles. The molecule has 0 radical (unpaired) electrons. The Kier molecular flexibility index (Phi) is 4.33. The first-order chi connectivity index (χ1) is 5.43. The molecule has 1 atom stereocenters. The predicted octanol–water partition coefficient (Wildman–Crippen LogP) is 0.575. The summed E-state index contributed by atoms with van der Waals surface area (Å²) in [6.07, 6.45) is 0.360. The number of nitrogens with zero attached hydrogens (tertiary/aromatic N) is 1. The van der Waals surface area contributed by atoms with E-state index in [4.69, 9.17) is 5.11 Å². The molecule has 0 heterocycles. The van der Waals surface area contributed by atoms with Crippen LogP contribution >= 0.6 is 0 Å². The Hall–Kier alpha value is -1.06. The van der Waals surface area contributed by atoms with Crippen molar-refractivity contribution in [1.29, 1.82) is 0 Å². The van der Waals surface area contributed by atoms with Gasteiger partial charge in [-0.15, -0.1) is 0 Å². The van der Waals surface area contributed by atoms with E-state index >= 15 is 0 Å². The third-order valence-corrected chi connectivity index (χ3v) is 1.54. The molecule has 0 saturated heterocycles. The summed E-state index contributed by atoms with van der Waals surface area (Å²) in [6.45, 7) is 1.76. The van der Waals surface area contributed by atoms with Crippen LogP contribution in [0.15, 0.2) is 0 Å². The van der Waals surface area contributed by atoms with Crippen LogP contribution in [-0.4, -0.2) is 36.0 Å². The van der Waals surface area contributed by atoms with Crippen molar-refractivity contribution in [2.45, 2.75) is 19.8 Å². The second-order valence-electron chi connectivity index (χ2n) is 3.20. The van der Waals surface area contributed by atoms with Crippen molar-refractivity contribution in [1.82, 2.24) is 4.90 Å². The molecule has 0 aromatic rings. The zero-order valence-corrected chi connectivity index (χ0v) is 7.70. The molecule has 1 amide bonds. The summed E-state index contributed by atoms with van der Waals surface area (Å²) in [5, 5.41) is 8.41. The number of hydrogen-bond acceptors (Lipinski definition) is 2. The molecule has 1 N–H and O–H groups in total. The van der Waals surface area contributed by atoms with Crippen LogP contribution in [0, 0.1) is 5.92 Å². The number of carbonyl (C=O) groups excluding carboxylic acids is 1. The Labute approximate surface area is 72.2 Å². The third kappa shape index (κ3) is 4.71. The van der Waals surface area contributed by atoms with Gasteiger partial charge in [0, 0.05) is 26.9 Å². The summed E-state index contributed by atoms with van der Waals surface area (Å²) in [4.78, 5) is 22.8. The zero-order valence-electron chi connectivity index (χ0n) is 7.70. The van der Waals surface area contributed by atoms with Gasteiger partial charge in [0.15, 0.2) is 0 Å². The first kappa shape index (κ1) is 10.9. The second-order valence-corrected chi connectivity index (χ2v) is 3.20. The van der Waals surface area contributed by atoms with Crippen molar-refractivity contribution in [3.63, 3.8) is 0 Å². The number of carbonyl (C=O) groups is 2. The van der Waals surface area contributed by atoms with Crippen molar-refractivity contribution in [2.24, 2.45) is 5.92 Å². The Bertz CT molecular complexity index is 177. The molecule has 0 aliphatic carbocycles. The van der Waals surface area contributed by atoms with Crippen LogP contribution in [0.25, 0.3) is 0 Å². The van der Waals surface area contributed by atoms with Gasteiger partial charge in [-0.1, -0.05) is 6.92 Å². The number of aliphatic carboxylic acids is 1. The van der Waals surface area contributed by atoms with E-state index in [1.54, 1.807) is 21.0 Å². The van der Waals surface area contributed by atoms with Gasteiger partial charge in [0.1, 0.15) is 0 Å². The predicted molar refractivity (Wildman–Crippen MR) is 44.7 cm³/mol. The molecule has 4 nitrogen and oxygen atoms in total. The number of carboxylic acids is 1. The normalized spacial score (nSPS) is 12.2. The minimum Gasteiger partial charge on any atom is -0.481 e. The van der Waals surface area contributed by atoms with Gasteiger partial charge in [-0.05, 0) is 5.92 Å². The maximum Gasteiger partial charge on any atom is 0.303 e. The lowest BCUT2D eigenvalue weighted by atomic mass is 10.0. The molecular weight excluding hydrogens is 158 g/mol. The van der Waals surface area contributed by atoms with Crippen LogP contribution in [-0.2, 0) is 9.59 Å². The van der Waals surface area contributed by atoms with Gasteiger partial charge in [-0.25, -0.2) is 0 Å². The maximum atomic E-state index is 11.1. The average molecular weight is 173 g/mol. The lowest BCUT2D eigenvalue weighted by molar-refractivity contribution is -0.138. The number of carboxylic acid groups (broad SMARTS) is 1. The van der Waals surface area contributed by atoms with Crippen LogP contribution in [0.4, 0.5) is 0 Å². The summed E-state index contributed by atoms with van der Waals surface area (Å²) >= 11 is 0. The number of rotatable bonds is 4. The fraction of sp³-hybridized carbons (Fsp3) is 0.750. The second kappa shape index (κ2) is 4.74. The first-order valence-corrected chi connectivity index (χ1v) is 3.85. The SMILES string of the molecule is C[C@H](CC(=O)O)CC(=O)N(C)C. The molecule has 0 aromatic carbocycles. The Morgan fingerprint density at radius 1 is 1.33 bits per heavy atom. The zero-order chi connectivity index (χ0) is 9.72. The van der Waals surface area contributed by atoms with E-state index in [0.717, 1.165) is 0 Å². The summed E-state index contributed by atoms with van der Waals surface area (Å²) in [5.74, 6) is -0.963. The molecule has 0 rings (SSSR count). The van der Waals surface area contributed by atoms with Crippen LogP contribution in [0.1, 0.15) is 19.8 Å². The summed E-state index contributed by atoms with van der Waals surface area (Å²) in [5.41, 5.74) is 0. The molecule has 70 valence electrons. The molecule has 0 saturated carbocycles. The highest BCUT2D eigenvalue weighted by Gasteiger charge is 2.13. The summed E-state index contributed by atoms with van der Waals surface area (Å²) in [6, 6.07) is 0. The lowest BCUT2D eigenvalue weighted by Gasteiger charge is -2.13. The summed E-state index contributed by atoms with van der Waals surface area (Å²) in [7, 11) is 3.33. The molecular formula is C8H15NO3. The van der Waals surface area contributed by atoms with Crippen molar-refractivity contribution in [3.05, 3.63) is 0 Å². The van der Waals surface area contributed by atoms with E-state index in [1.807, 2.05) is 0 Å². The van der Waals surface area contributed by atoms with Gasteiger partial charge in [-0.3, -0.25) is 9.59 Å². The van der Waals surface area contributed by atoms with Gasteiger partial charge in [-0.2, -0.15) is 0 Å². The van der Waals surface area contributed by atoms with E-state index in [2.05, 4.69) is 0 Å². The number of hydrogen-bond donors (Lipinski definition) is 1. The fourth-order valence-corrected chi connectivity index (χ4v) is 0.851. The fourth-order valence-electron chi connectivity index (χ4n) is 0.851. The topological polar surface area (TPSA) is 57.6 Å². The summed E-state index contributed by atoms with van der Waals surface area (Å²) < 4.78 is 0. The van der Waals surface area contributed by atoms with Crippen molar-refractivity contribution >= 4 is 11.9 Å². The van der Waals surface area contributed by atoms with Crippen LogP contribution < -0.4 is 0 Å². The molecule has 0 fully saturated rings. The van der Waals surface area contributed by atoms with E-state index in [-0.39, 0.29) is 18.2 Å². The molecule has 0 aliphatic heterocycles. The highest BCUT2D eigenvalue weighted by molar-refractivity contribution is 5.76. The van der Waals surface area contributed by atoms with Gasteiger partial charge < -0.3 is 10.0 Å². The van der Waals surface area contributed by atoms with Crippen molar-refractivity contribution < 1.29 is 14.7 Å². The van der Waals surface area contributed by atoms with Gasteiger partial charge in [0.2, 0.25) is 5.91 Å². The quantitative estimate of drug-likeness (QED) is 0.676. The Balaban J connectivity index is 3.76. The maximum absolute atomic E-state index is 11.1. The van der Waals surface area contributed by atoms with Crippen LogP contribution in [0.5, 0.6) is 0 Å². The largest absolute Gasteiger partial charge is 0.481 e. The Morgan fingerprint density at radius 2 is 1.83 bits per heavy atom. The monoisotopic (exact) mass is 173 g/mol. The highest BCUT2D eigenvalue weighted by atomic mass is 16.4. The highest BCUT2D eigenvalue weighted by Crippen LogP contribution is 2.08. The molecule has 12 heavy (non-hydrogen) atoms. The van der Waals surface area contributed by atoms with Gasteiger partial charge in [0.25, 0.3) is 0 Å². The molecule has 0 aliphatic rings.